The van der Waals surface area contributed by atoms with Gasteiger partial charge >= 0.3 is 0 Å². The number of anilines is 1. The van der Waals surface area contributed by atoms with E-state index in [0.717, 1.165) is 56.1 Å². The zero-order valence-corrected chi connectivity index (χ0v) is 16.6. The lowest BCUT2D eigenvalue weighted by molar-refractivity contribution is -0.135. The normalized spacial score (nSPS) is 21.7. The molecule has 140 valence electrons. The van der Waals surface area contributed by atoms with E-state index in [1.807, 2.05) is 7.05 Å². The van der Waals surface area contributed by atoms with Crippen molar-refractivity contribution in [3.63, 3.8) is 0 Å². The summed E-state index contributed by atoms with van der Waals surface area (Å²) in [6.45, 7) is 7.83. The first-order chi connectivity index (χ1) is 12.6. The van der Waals surface area contributed by atoms with Crippen molar-refractivity contribution >= 4 is 33.3 Å². The SMILES string of the molecule is CNC1CCN(C(=O)C2CCN(c3ncnc4sc(C)c(C)c34)CC2)C1. The lowest BCUT2D eigenvalue weighted by atomic mass is 9.95. The molecule has 0 bridgehead atoms. The summed E-state index contributed by atoms with van der Waals surface area (Å²) in [6.07, 6.45) is 4.56. The molecule has 1 amide bonds. The molecule has 2 fully saturated rings. The van der Waals surface area contributed by atoms with Gasteiger partial charge < -0.3 is 15.1 Å². The minimum absolute atomic E-state index is 0.157. The fourth-order valence-electron chi connectivity index (χ4n) is 4.20. The second-order valence-corrected chi connectivity index (χ2v) is 8.68. The molecule has 0 aliphatic carbocycles. The number of hydrogen-bond acceptors (Lipinski definition) is 6. The second kappa shape index (κ2) is 7.12. The minimum Gasteiger partial charge on any atom is -0.356 e. The van der Waals surface area contributed by atoms with Crippen LogP contribution in [0, 0.1) is 19.8 Å². The van der Waals surface area contributed by atoms with Crippen LogP contribution in [0.1, 0.15) is 29.7 Å². The van der Waals surface area contributed by atoms with E-state index in [-0.39, 0.29) is 5.92 Å². The van der Waals surface area contributed by atoms with Gasteiger partial charge in [0, 0.05) is 43.0 Å². The van der Waals surface area contributed by atoms with Crippen LogP contribution in [0.15, 0.2) is 6.33 Å². The van der Waals surface area contributed by atoms with Crippen molar-refractivity contribution in [3.8, 4) is 0 Å². The van der Waals surface area contributed by atoms with E-state index in [1.54, 1.807) is 17.7 Å². The highest BCUT2D eigenvalue weighted by atomic mass is 32.1. The van der Waals surface area contributed by atoms with Crippen LogP contribution in [0.5, 0.6) is 0 Å². The molecule has 4 heterocycles. The molecule has 0 spiro atoms. The van der Waals surface area contributed by atoms with E-state index in [2.05, 4.69) is 38.9 Å². The molecule has 0 saturated carbocycles. The number of nitrogens with zero attached hydrogens (tertiary/aromatic N) is 4. The quantitative estimate of drug-likeness (QED) is 0.895. The number of fused-ring (bicyclic) bond motifs is 1. The Balaban J connectivity index is 1.45. The molecule has 1 atom stereocenters. The van der Waals surface area contributed by atoms with Crippen LogP contribution in [0.4, 0.5) is 5.82 Å². The smallest absolute Gasteiger partial charge is 0.225 e. The van der Waals surface area contributed by atoms with Crippen LogP contribution in [0.25, 0.3) is 10.2 Å². The van der Waals surface area contributed by atoms with Gasteiger partial charge in [-0.15, -0.1) is 11.3 Å². The van der Waals surface area contributed by atoms with Crippen molar-refractivity contribution in [2.24, 2.45) is 5.92 Å². The number of hydrogen-bond donors (Lipinski definition) is 1. The molecule has 4 rings (SSSR count). The Morgan fingerprint density at radius 3 is 2.65 bits per heavy atom. The molecule has 6 nitrogen and oxygen atoms in total. The summed E-state index contributed by atoms with van der Waals surface area (Å²) in [4.78, 5) is 28.6. The Morgan fingerprint density at radius 1 is 1.19 bits per heavy atom. The highest BCUT2D eigenvalue weighted by Gasteiger charge is 2.33. The van der Waals surface area contributed by atoms with Gasteiger partial charge in [0.05, 0.1) is 5.39 Å². The van der Waals surface area contributed by atoms with Crippen molar-refractivity contribution < 1.29 is 4.79 Å². The zero-order chi connectivity index (χ0) is 18.3. The predicted octanol–water partition coefficient (Wildman–Crippen LogP) is 2.34. The van der Waals surface area contributed by atoms with Gasteiger partial charge in [0.1, 0.15) is 17.0 Å². The van der Waals surface area contributed by atoms with Crippen LogP contribution in [0.3, 0.4) is 0 Å². The number of nitrogens with one attached hydrogen (secondary N) is 1. The van der Waals surface area contributed by atoms with Gasteiger partial charge in [0.25, 0.3) is 0 Å². The fourth-order valence-corrected chi connectivity index (χ4v) is 5.19. The summed E-state index contributed by atoms with van der Waals surface area (Å²) in [5.74, 6) is 1.54. The van der Waals surface area contributed by atoms with E-state index in [9.17, 15) is 4.79 Å². The molecular formula is C19H27N5OS. The summed E-state index contributed by atoms with van der Waals surface area (Å²) < 4.78 is 0. The maximum absolute atomic E-state index is 12.8. The average Bonchev–Trinajstić information content (AvgIpc) is 3.26. The zero-order valence-electron chi connectivity index (χ0n) is 15.8. The Hall–Kier alpha value is -1.73. The Kier molecular flexibility index (Phi) is 4.84. The molecule has 0 aromatic carbocycles. The van der Waals surface area contributed by atoms with Crippen LogP contribution >= 0.6 is 11.3 Å². The van der Waals surface area contributed by atoms with Gasteiger partial charge in [0.15, 0.2) is 0 Å². The van der Waals surface area contributed by atoms with Crippen LogP contribution in [-0.2, 0) is 4.79 Å². The van der Waals surface area contributed by atoms with E-state index in [0.29, 0.717) is 11.9 Å². The minimum atomic E-state index is 0.157. The third-order valence-electron chi connectivity index (χ3n) is 6.00. The van der Waals surface area contributed by atoms with Gasteiger partial charge in [-0.05, 0) is 45.7 Å². The van der Waals surface area contributed by atoms with Crippen LogP contribution < -0.4 is 10.2 Å². The molecule has 2 aliphatic heterocycles. The molecule has 1 N–H and O–H groups in total. The second-order valence-electron chi connectivity index (χ2n) is 7.48. The summed E-state index contributed by atoms with van der Waals surface area (Å²) >= 11 is 1.74. The van der Waals surface area contributed by atoms with Crippen LogP contribution in [0.2, 0.25) is 0 Å². The summed E-state index contributed by atoms with van der Waals surface area (Å²) in [7, 11) is 1.98. The molecule has 2 aromatic rings. The fraction of sp³-hybridized carbons (Fsp3) is 0.632. The van der Waals surface area contributed by atoms with E-state index in [4.69, 9.17) is 0 Å². The molecule has 2 saturated heterocycles. The van der Waals surface area contributed by atoms with Gasteiger partial charge in [-0.3, -0.25) is 4.79 Å². The summed E-state index contributed by atoms with van der Waals surface area (Å²) in [6, 6.07) is 0.457. The van der Waals surface area contributed by atoms with Gasteiger partial charge in [-0.1, -0.05) is 0 Å². The van der Waals surface area contributed by atoms with Crippen molar-refractivity contribution in [2.75, 3.05) is 38.1 Å². The Bertz CT molecular complexity index is 812. The van der Waals surface area contributed by atoms with E-state index < -0.39 is 0 Å². The maximum atomic E-state index is 12.8. The molecule has 7 heteroatoms. The number of carbonyl (C=O) groups is 1. The summed E-state index contributed by atoms with van der Waals surface area (Å²) in [5, 5.41) is 4.48. The number of likely N-dealkylation sites (tertiary alicyclic amines) is 1. The third kappa shape index (κ3) is 3.07. The first kappa shape index (κ1) is 17.7. The third-order valence-corrected chi connectivity index (χ3v) is 7.11. The van der Waals surface area contributed by atoms with E-state index >= 15 is 0 Å². The van der Waals surface area contributed by atoms with Crippen LogP contribution in [-0.4, -0.2) is 60.0 Å². The lowest BCUT2D eigenvalue weighted by Crippen LogP contribution is -2.43. The van der Waals surface area contributed by atoms with Crippen molar-refractivity contribution in [3.05, 3.63) is 16.8 Å². The number of carbonyl (C=O) groups excluding carboxylic acids is 1. The van der Waals surface area contributed by atoms with Crippen molar-refractivity contribution in [2.45, 2.75) is 39.2 Å². The number of piperidine rings is 1. The molecule has 1 unspecified atom stereocenters. The monoisotopic (exact) mass is 373 g/mol. The number of likely N-dealkylation sites (N-methyl/N-ethyl adjacent to an activating group) is 1. The largest absolute Gasteiger partial charge is 0.356 e. The molecule has 2 aliphatic rings. The number of aryl methyl sites for hydroxylation is 2. The van der Waals surface area contributed by atoms with E-state index in [1.165, 1.54) is 15.8 Å². The Labute approximate surface area is 158 Å². The highest BCUT2D eigenvalue weighted by molar-refractivity contribution is 7.18. The molecular weight excluding hydrogens is 346 g/mol. The molecule has 0 radical (unpaired) electrons. The average molecular weight is 374 g/mol. The standard InChI is InChI=1S/C19H27N5OS/c1-12-13(2)26-18-16(12)17(21-11-22-18)23-7-4-14(5-8-23)19(25)24-9-6-15(10-24)20-3/h11,14-15,20H,4-10H2,1-3H3. The first-order valence-corrected chi connectivity index (χ1v) is 10.3. The molecule has 2 aromatic heterocycles. The topological polar surface area (TPSA) is 61.4 Å². The summed E-state index contributed by atoms with van der Waals surface area (Å²) in [5.41, 5.74) is 1.29. The Morgan fingerprint density at radius 2 is 1.96 bits per heavy atom. The number of aromatic nitrogens is 2. The van der Waals surface area contributed by atoms with Gasteiger partial charge in [-0.2, -0.15) is 0 Å². The van der Waals surface area contributed by atoms with Gasteiger partial charge in [-0.25, -0.2) is 9.97 Å². The number of amides is 1. The highest BCUT2D eigenvalue weighted by Crippen LogP contribution is 2.35. The number of thiophene rings is 1. The predicted molar refractivity (Wildman–Crippen MR) is 106 cm³/mol. The lowest BCUT2D eigenvalue weighted by Gasteiger charge is -2.34. The maximum Gasteiger partial charge on any atom is 0.225 e. The van der Waals surface area contributed by atoms with Gasteiger partial charge in [0.2, 0.25) is 5.91 Å². The number of rotatable bonds is 3. The van der Waals surface area contributed by atoms with Crippen molar-refractivity contribution in [1.29, 1.82) is 0 Å². The van der Waals surface area contributed by atoms with Crippen molar-refractivity contribution in [1.82, 2.24) is 20.2 Å². The first-order valence-electron chi connectivity index (χ1n) is 9.50. The molecule has 26 heavy (non-hydrogen) atoms.